The summed E-state index contributed by atoms with van der Waals surface area (Å²) in [6, 6.07) is 0. The van der Waals surface area contributed by atoms with E-state index in [1.54, 1.807) is 0 Å². The highest BCUT2D eigenvalue weighted by molar-refractivity contribution is 9.12. The average molecular weight is 310 g/mol. The van der Waals surface area contributed by atoms with Gasteiger partial charge in [-0.2, -0.15) is 18.3 Å². The van der Waals surface area contributed by atoms with E-state index in [9.17, 15) is 13.2 Å². The van der Waals surface area contributed by atoms with Gasteiger partial charge in [-0.15, -0.1) is 0 Å². The van der Waals surface area contributed by atoms with E-state index in [0.29, 0.717) is 0 Å². The zero-order chi connectivity index (χ0) is 9.52. The lowest BCUT2D eigenvalue weighted by atomic mass is 10.3. The molecule has 2 nitrogen and oxygen atoms in total. The molecule has 0 aromatic heterocycles. The van der Waals surface area contributed by atoms with E-state index in [2.05, 4.69) is 37.0 Å². The maximum Gasteiger partial charge on any atom is 0.432 e. The van der Waals surface area contributed by atoms with Gasteiger partial charge in [-0.3, -0.25) is 5.01 Å². The van der Waals surface area contributed by atoms with Gasteiger partial charge in [0.05, 0.1) is 4.83 Å². The van der Waals surface area contributed by atoms with Crippen molar-refractivity contribution in [3.63, 3.8) is 0 Å². The Labute approximate surface area is 84.1 Å². The smallest absolute Gasteiger partial charge is 0.285 e. The summed E-state index contributed by atoms with van der Waals surface area (Å²) in [4.78, 5) is -1.24. The van der Waals surface area contributed by atoms with Crippen LogP contribution < -0.4 is 0 Å². The zero-order valence-corrected chi connectivity index (χ0v) is 9.11. The molecule has 1 unspecified atom stereocenters. The Morgan fingerprint density at radius 3 is 2.08 bits per heavy atom. The van der Waals surface area contributed by atoms with Gasteiger partial charge in [0.1, 0.15) is 4.95 Å². The van der Waals surface area contributed by atoms with Crippen molar-refractivity contribution in [1.82, 2.24) is 5.01 Å². The fourth-order valence-electron chi connectivity index (χ4n) is 0.813. The number of hydrogen-bond donors (Lipinski definition) is 0. The van der Waals surface area contributed by atoms with Crippen molar-refractivity contribution in [3.05, 3.63) is 0 Å². The third-order valence-corrected chi connectivity index (χ3v) is 4.18. The molecule has 70 valence electrons. The van der Waals surface area contributed by atoms with E-state index in [0.717, 1.165) is 0 Å². The molecule has 2 atom stereocenters. The number of alkyl halides is 5. The minimum atomic E-state index is -4.36. The molecular weight excluding hydrogens is 305 g/mol. The van der Waals surface area contributed by atoms with Gasteiger partial charge in [-0.25, -0.2) is 0 Å². The SMILES string of the molecule is CN1N=C(C(F)(F)F)[C@@H](Br)C1Br. The molecule has 1 heterocycles. The molecule has 0 fully saturated rings. The first-order valence-corrected chi connectivity index (χ1v) is 4.84. The van der Waals surface area contributed by atoms with Crippen molar-refractivity contribution in [2.24, 2.45) is 5.10 Å². The molecule has 0 aromatic rings. The van der Waals surface area contributed by atoms with E-state index < -0.39 is 21.7 Å². The zero-order valence-electron chi connectivity index (χ0n) is 5.94. The molecule has 0 saturated heterocycles. The first-order chi connectivity index (χ1) is 5.34. The summed E-state index contributed by atoms with van der Waals surface area (Å²) in [7, 11) is 1.48. The van der Waals surface area contributed by atoms with Gasteiger partial charge in [0, 0.05) is 7.05 Å². The van der Waals surface area contributed by atoms with Crippen LogP contribution in [0.25, 0.3) is 0 Å². The molecule has 0 aliphatic carbocycles. The van der Waals surface area contributed by atoms with Gasteiger partial charge in [-0.05, 0) is 0 Å². The summed E-state index contributed by atoms with van der Waals surface area (Å²) in [6.07, 6.45) is -4.36. The number of hydrazone groups is 1. The fraction of sp³-hybridized carbons (Fsp3) is 0.800. The second-order valence-corrected chi connectivity index (χ2v) is 4.26. The van der Waals surface area contributed by atoms with Crippen LogP contribution in [0, 0.1) is 0 Å². The lowest BCUT2D eigenvalue weighted by molar-refractivity contribution is -0.0597. The largest absolute Gasteiger partial charge is 0.432 e. The molecule has 12 heavy (non-hydrogen) atoms. The van der Waals surface area contributed by atoms with Crippen LogP contribution in [-0.4, -0.2) is 33.7 Å². The van der Waals surface area contributed by atoms with E-state index in [1.165, 1.54) is 12.1 Å². The van der Waals surface area contributed by atoms with Crippen molar-refractivity contribution >= 4 is 37.6 Å². The fourth-order valence-corrected chi connectivity index (χ4v) is 1.85. The lowest BCUT2D eigenvalue weighted by Crippen LogP contribution is -2.32. The Bertz CT molecular complexity index is 215. The Kier molecular flexibility index (Phi) is 2.72. The van der Waals surface area contributed by atoms with Gasteiger partial charge >= 0.3 is 6.18 Å². The van der Waals surface area contributed by atoms with Crippen LogP contribution in [0.3, 0.4) is 0 Å². The quantitative estimate of drug-likeness (QED) is 0.495. The Balaban J connectivity index is 2.87. The minimum absolute atomic E-state index is 0.436. The summed E-state index contributed by atoms with van der Waals surface area (Å²) >= 11 is 5.97. The highest BCUT2D eigenvalue weighted by Gasteiger charge is 2.47. The van der Waals surface area contributed by atoms with Crippen LogP contribution in [0.4, 0.5) is 13.2 Å². The molecule has 0 spiro atoms. The van der Waals surface area contributed by atoms with Gasteiger partial charge in [0.2, 0.25) is 0 Å². The second kappa shape index (κ2) is 3.17. The van der Waals surface area contributed by atoms with Gasteiger partial charge in [-0.1, -0.05) is 31.9 Å². The van der Waals surface area contributed by atoms with Crippen molar-refractivity contribution in [2.45, 2.75) is 16.0 Å². The first kappa shape index (κ1) is 10.3. The van der Waals surface area contributed by atoms with E-state index in [4.69, 9.17) is 0 Å². The number of hydrogen-bond acceptors (Lipinski definition) is 2. The third-order valence-electron chi connectivity index (χ3n) is 1.42. The normalized spacial score (nSPS) is 30.8. The minimum Gasteiger partial charge on any atom is -0.285 e. The van der Waals surface area contributed by atoms with Crippen molar-refractivity contribution in [2.75, 3.05) is 7.05 Å². The molecule has 1 aliphatic rings. The molecule has 0 amide bonds. The Morgan fingerprint density at radius 1 is 1.42 bits per heavy atom. The van der Waals surface area contributed by atoms with E-state index in [1.807, 2.05) is 0 Å². The molecule has 0 aromatic carbocycles. The summed E-state index contributed by atoms with van der Waals surface area (Å²) in [5, 5.41) is 4.58. The maximum atomic E-state index is 12.1. The molecule has 0 bridgehead atoms. The van der Waals surface area contributed by atoms with E-state index in [-0.39, 0.29) is 0 Å². The monoisotopic (exact) mass is 308 g/mol. The molecule has 1 aliphatic heterocycles. The van der Waals surface area contributed by atoms with Gasteiger partial charge < -0.3 is 0 Å². The number of halogens is 5. The highest BCUT2D eigenvalue weighted by atomic mass is 79.9. The Morgan fingerprint density at radius 2 is 1.92 bits per heavy atom. The average Bonchev–Trinajstić information content (AvgIpc) is 2.15. The summed E-state index contributed by atoms with van der Waals surface area (Å²) in [6.45, 7) is 0. The topological polar surface area (TPSA) is 15.6 Å². The van der Waals surface area contributed by atoms with Crippen molar-refractivity contribution in [3.8, 4) is 0 Å². The molecule has 0 N–H and O–H groups in total. The third kappa shape index (κ3) is 1.76. The molecular formula is C5H5Br2F3N2. The van der Waals surface area contributed by atoms with Crippen molar-refractivity contribution < 1.29 is 13.2 Å². The summed E-state index contributed by atoms with van der Waals surface area (Å²) in [5.41, 5.74) is -0.799. The van der Waals surface area contributed by atoms with Crippen LogP contribution in [0.5, 0.6) is 0 Å². The molecule has 0 saturated carbocycles. The summed E-state index contributed by atoms with van der Waals surface area (Å²) < 4.78 is 36.4. The molecule has 0 radical (unpaired) electrons. The first-order valence-electron chi connectivity index (χ1n) is 3.00. The maximum absolute atomic E-state index is 12.1. The van der Waals surface area contributed by atoms with Crippen molar-refractivity contribution in [1.29, 1.82) is 0 Å². The second-order valence-electron chi connectivity index (χ2n) is 2.33. The predicted molar refractivity (Wildman–Crippen MR) is 46.7 cm³/mol. The molecule has 1 rings (SSSR count). The summed E-state index contributed by atoms with van der Waals surface area (Å²) in [5.74, 6) is 0. The van der Waals surface area contributed by atoms with Crippen LogP contribution in [0.2, 0.25) is 0 Å². The van der Waals surface area contributed by atoms with Gasteiger partial charge in [0.15, 0.2) is 5.71 Å². The van der Waals surface area contributed by atoms with Crippen LogP contribution in [0.15, 0.2) is 5.10 Å². The van der Waals surface area contributed by atoms with Crippen LogP contribution in [-0.2, 0) is 0 Å². The Hall–Kier alpha value is 0.220. The number of nitrogens with zero attached hydrogens (tertiary/aromatic N) is 2. The lowest BCUT2D eigenvalue weighted by Gasteiger charge is -2.14. The van der Waals surface area contributed by atoms with Gasteiger partial charge in [0.25, 0.3) is 0 Å². The number of rotatable bonds is 0. The van der Waals surface area contributed by atoms with Crippen LogP contribution in [0.1, 0.15) is 0 Å². The predicted octanol–water partition coefficient (Wildman–Crippen LogP) is 2.33. The van der Waals surface area contributed by atoms with E-state index >= 15 is 0 Å². The highest BCUT2D eigenvalue weighted by Crippen LogP contribution is 2.33. The van der Waals surface area contributed by atoms with Crippen LogP contribution >= 0.6 is 31.9 Å². The standard InChI is InChI=1S/C5H5Br2F3N2/c1-12-4(7)2(6)3(11-12)5(8,9)10/h2,4H,1H3/t2-,4?/m1/s1. The molecule has 7 heteroatoms.